The van der Waals surface area contributed by atoms with Gasteiger partial charge in [0.05, 0.1) is 12.1 Å². The second kappa shape index (κ2) is 5.82. The molecule has 0 unspecified atom stereocenters. The minimum atomic E-state index is 0.931. The molecule has 86 valence electrons. The van der Waals surface area contributed by atoms with Crippen molar-refractivity contribution in [2.75, 3.05) is 6.54 Å². The average molecular weight is 235 g/mol. The molecular formula is C12H17N3S. The maximum atomic E-state index is 4.10. The Morgan fingerprint density at radius 3 is 3.19 bits per heavy atom. The number of rotatable bonds is 6. The number of hydrogen-bond acceptors (Lipinski definition) is 3. The lowest BCUT2D eigenvalue weighted by Crippen LogP contribution is -2.16. The third kappa shape index (κ3) is 2.93. The van der Waals surface area contributed by atoms with E-state index in [2.05, 4.69) is 40.1 Å². The Kier molecular flexibility index (Phi) is 4.13. The summed E-state index contributed by atoms with van der Waals surface area (Å²) < 4.78 is 2.27. The number of aromatic nitrogens is 2. The second-order valence-corrected chi connectivity index (χ2v) is 4.74. The quantitative estimate of drug-likeness (QED) is 0.780. The van der Waals surface area contributed by atoms with Crippen molar-refractivity contribution >= 4 is 11.3 Å². The molecule has 0 atom stereocenters. The average Bonchev–Trinajstić information content (AvgIpc) is 2.92. The first-order valence-corrected chi connectivity index (χ1v) is 6.50. The molecular weight excluding hydrogens is 218 g/mol. The van der Waals surface area contributed by atoms with Crippen LogP contribution in [0.4, 0.5) is 0 Å². The minimum absolute atomic E-state index is 0.931. The monoisotopic (exact) mass is 235 g/mol. The van der Waals surface area contributed by atoms with Crippen LogP contribution in [-0.2, 0) is 13.1 Å². The summed E-state index contributed by atoms with van der Waals surface area (Å²) in [5.74, 6) is 0. The van der Waals surface area contributed by atoms with Gasteiger partial charge in [-0.25, -0.2) is 0 Å². The van der Waals surface area contributed by atoms with Crippen LogP contribution in [0.1, 0.15) is 23.9 Å². The molecule has 0 aliphatic carbocycles. The molecule has 2 heterocycles. The summed E-state index contributed by atoms with van der Waals surface area (Å²) in [6.07, 6.45) is 5.24. The summed E-state index contributed by atoms with van der Waals surface area (Å²) in [5, 5.41) is 3.42. The number of nitrogens with one attached hydrogen (secondary N) is 1. The van der Waals surface area contributed by atoms with Gasteiger partial charge < -0.3 is 9.88 Å². The molecule has 0 spiro atoms. The number of hydrogen-bond donors (Lipinski definition) is 1. The van der Waals surface area contributed by atoms with E-state index >= 15 is 0 Å². The molecule has 2 rings (SSSR count). The lowest BCUT2D eigenvalue weighted by atomic mass is 10.4. The van der Waals surface area contributed by atoms with Gasteiger partial charge in [-0.15, -0.1) is 11.3 Å². The molecule has 0 amide bonds. The van der Waals surface area contributed by atoms with Gasteiger partial charge in [-0.2, -0.15) is 0 Å². The van der Waals surface area contributed by atoms with Crippen molar-refractivity contribution in [2.45, 2.75) is 26.4 Å². The van der Waals surface area contributed by atoms with Crippen LogP contribution in [0.3, 0.4) is 0 Å². The number of nitrogens with zero attached hydrogens (tertiary/aromatic N) is 2. The molecule has 2 aromatic heterocycles. The Labute approximate surface area is 100 Å². The highest BCUT2D eigenvalue weighted by Gasteiger charge is 2.02. The second-order valence-electron chi connectivity index (χ2n) is 3.77. The summed E-state index contributed by atoms with van der Waals surface area (Å²) in [6.45, 7) is 5.13. The zero-order chi connectivity index (χ0) is 11.2. The highest BCUT2D eigenvalue weighted by molar-refractivity contribution is 7.09. The first kappa shape index (κ1) is 11.4. The third-order valence-electron chi connectivity index (χ3n) is 2.47. The van der Waals surface area contributed by atoms with E-state index in [1.165, 1.54) is 17.0 Å². The Morgan fingerprint density at radius 1 is 1.50 bits per heavy atom. The summed E-state index contributed by atoms with van der Waals surface area (Å²) in [6, 6.07) is 4.27. The van der Waals surface area contributed by atoms with Gasteiger partial charge in [0.25, 0.3) is 0 Å². The van der Waals surface area contributed by atoms with Crippen molar-refractivity contribution < 1.29 is 0 Å². The summed E-state index contributed by atoms with van der Waals surface area (Å²) in [4.78, 5) is 5.40. The molecule has 16 heavy (non-hydrogen) atoms. The standard InChI is InChI=1S/C12H17N3S/c1-2-5-13-7-11-4-3-6-15(11)9-12-8-14-10-16-12/h3-4,6,8,10,13H,2,5,7,9H2,1H3. The SMILES string of the molecule is CCCNCc1cccn1Cc1cncs1. The van der Waals surface area contributed by atoms with Crippen molar-refractivity contribution in [2.24, 2.45) is 0 Å². The first-order valence-electron chi connectivity index (χ1n) is 5.62. The summed E-state index contributed by atoms with van der Waals surface area (Å²) >= 11 is 1.71. The zero-order valence-corrected chi connectivity index (χ0v) is 10.3. The van der Waals surface area contributed by atoms with Crippen LogP contribution in [0.25, 0.3) is 0 Å². The van der Waals surface area contributed by atoms with Gasteiger partial charge in [-0.3, -0.25) is 4.98 Å². The van der Waals surface area contributed by atoms with E-state index in [0.29, 0.717) is 0 Å². The van der Waals surface area contributed by atoms with Gasteiger partial charge in [0.15, 0.2) is 0 Å². The van der Waals surface area contributed by atoms with Crippen LogP contribution in [-0.4, -0.2) is 16.1 Å². The van der Waals surface area contributed by atoms with E-state index < -0.39 is 0 Å². The Balaban J connectivity index is 1.96. The Morgan fingerprint density at radius 2 is 2.44 bits per heavy atom. The molecule has 0 saturated heterocycles. The first-order chi connectivity index (χ1) is 7.90. The van der Waals surface area contributed by atoms with Crippen LogP contribution in [0.5, 0.6) is 0 Å². The van der Waals surface area contributed by atoms with Gasteiger partial charge in [-0.1, -0.05) is 6.92 Å². The summed E-state index contributed by atoms with van der Waals surface area (Å²) in [7, 11) is 0. The smallest absolute Gasteiger partial charge is 0.0794 e. The fourth-order valence-corrected chi connectivity index (χ4v) is 2.24. The largest absolute Gasteiger partial charge is 0.345 e. The van der Waals surface area contributed by atoms with Gasteiger partial charge in [0, 0.05) is 29.5 Å². The molecule has 0 aromatic carbocycles. The molecule has 0 aliphatic rings. The Hall–Kier alpha value is -1.13. The number of thiazole rings is 1. The normalized spacial score (nSPS) is 10.8. The molecule has 0 bridgehead atoms. The maximum absolute atomic E-state index is 4.10. The fraction of sp³-hybridized carbons (Fsp3) is 0.417. The summed E-state index contributed by atoms with van der Waals surface area (Å²) in [5.41, 5.74) is 3.22. The molecule has 3 nitrogen and oxygen atoms in total. The molecule has 1 N–H and O–H groups in total. The maximum Gasteiger partial charge on any atom is 0.0794 e. The predicted octanol–water partition coefficient (Wildman–Crippen LogP) is 2.49. The van der Waals surface area contributed by atoms with Crippen LogP contribution in [0.2, 0.25) is 0 Å². The minimum Gasteiger partial charge on any atom is -0.345 e. The lowest BCUT2D eigenvalue weighted by molar-refractivity contribution is 0.632. The van der Waals surface area contributed by atoms with Crippen molar-refractivity contribution in [3.8, 4) is 0 Å². The van der Waals surface area contributed by atoms with Crippen LogP contribution >= 0.6 is 11.3 Å². The molecule has 0 aliphatic heterocycles. The molecule has 0 radical (unpaired) electrons. The predicted molar refractivity (Wildman–Crippen MR) is 67.6 cm³/mol. The van der Waals surface area contributed by atoms with E-state index in [4.69, 9.17) is 0 Å². The topological polar surface area (TPSA) is 29.9 Å². The Bertz CT molecular complexity index is 406. The fourth-order valence-electron chi connectivity index (χ4n) is 1.65. The van der Waals surface area contributed by atoms with E-state index in [1.54, 1.807) is 11.3 Å². The van der Waals surface area contributed by atoms with E-state index in [9.17, 15) is 0 Å². The third-order valence-corrected chi connectivity index (χ3v) is 3.23. The molecule has 0 saturated carbocycles. The molecule has 2 aromatic rings. The highest BCUT2D eigenvalue weighted by Crippen LogP contribution is 2.11. The van der Waals surface area contributed by atoms with Gasteiger partial charge in [0.2, 0.25) is 0 Å². The lowest BCUT2D eigenvalue weighted by Gasteiger charge is -2.08. The van der Waals surface area contributed by atoms with Gasteiger partial charge >= 0.3 is 0 Å². The van der Waals surface area contributed by atoms with Gasteiger partial charge in [-0.05, 0) is 25.1 Å². The van der Waals surface area contributed by atoms with Crippen LogP contribution in [0.15, 0.2) is 30.0 Å². The molecule has 0 fully saturated rings. The highest BCUT2D eigenvalue weighted by atomic mass is 32.1. The van der Waals surface area contributed by atoms with Crippen molar-refractivity contribution in [1.82, 2.24) is 14.9 Å². The van der Waals surface area contributed by atoms with E-state index in [1.807, 2.05) is 11.7 Å². The van der Waals surface area contributed by atoms with Gasteiger partial charge in [0.1, 0.15) is 0 Å². The molecule has 4 heteroatoms. The van der Waals surface area contributed by atoms with Crippen molar-refractivity contribution in [1.29, 1.82) is 0 Å². The van der Waals surface area contributed by atoms with Crippen molar-refractivity contribution in [3.05, 3.63) is 40.6 Å². The van der Waals surface area contributed by atoms with Crippen LogP contribution < -0.4 is 5.32 Å². The zero-order valence-electron chi connectivity index (χ0n) is 9.52. The van der Waals surface area contributed by atoms with E-state index in [0.717, 1.165) is 19.6 Å². The van der Waals surface area contributed by atoms with Crippen LogP contribution in [0, 0.1) is 0 Å². The van der Waals surface area contributed by atoms with E-state index in [-0.39, 0.29) is 0 Å². The van der Waals surface area contributed by atoms with Crippen molar-refractivity contribution in [3.63, 3.8) is 0 Å².